The highest BCUT2D eigenvalue weighted by molar-refractivity contribution is 9.10. The number of carbonyl (C=O) groups is 4. The van der Waals surface area contributed by atoms with E-state index in [-0.39, 0.29) is 30.0 Å². The van der Waals surface area contributed by atoms with Crippen molar-refractivity contribution in [2.24, 2.45) is 23.7 Å². The highest BCUT2D eigenvalue weighted by Crippen LogP contribution is 2.65. The number of hydrogen-bond acceptors (Lipinski definition) is 6. The molecule has 2 aliphatic heterocycles. The number of hydrazine groups is 1. The number of allylic oxidation sites excluding steroid dienone is 2. The van der Waals surface area contributed by atoms with Gasteiger partial charge in [-0.05, 0) is 91.8 Å². The minimum Gasteiger partial charge on any atom is -0.508 e. The lowest BCUT2D eigenvalue weighted by Gasteiger charge is -2.50. The maximum Gasteiger partial charge on any atom is 0.260 e. The topological polar surface area (TPSA) is 107 Å². The van der Waals surface area contributed by atoms with Crippen molar-refractivity contribution in [2.75, 3.05) is 5.43 Å². The first-order valence-corrected chi connectivity index (χ1v) is 18.0. The Morgan fingerprint density at radius 1 is 0.878 bits per heavy atom. The van der Waals surface area contributed by atoms with Gasteiger partial charge in [0.25, 0.3) is 11.8 Å². The lowest BCUT2D eigenvalue weighted by atomic mass is 9.49. The average molecular weight is 747 g/mol. The van der Waals surface area contributed by atoms with E-state index < -0.39 is 52.6 Å². The van der Waals surface area contributed by atoms with Crippen LogP contribution in [-0.4, -0.2) is 44.7 Å². The SMILES string of the molecule is O=C1[C@@H]2C[C@@H]3C(=CC[C@@H]4C(=O)N(C5CCCCC5)C(=O)[C@@H]43)[C@H](c3cc(Br)ccc3O)[C@]2(c2ccc(Cl)cc2)C(=O)N1Nc1ccc(F)cc1. The van der Waals surface area contributed by atoms with Crippen molar-refractivity contribution in [2.45, 2.75) is 62.3 Å². The molecule has 2 N–H and O–H groups in total. The molecule has 2 saturated carbocycles. The summed E-state index contributed by atoms with van der Waals surface area (Å²) in [5, 5.41) is 13.0. The maximum atomic E-state index is 15.2. The second-order valence-electron chi connectivity index (χ2n) is 13.9. The first-order chi connectivity index (χ1) is 23.6. The highest BCUT2D eigenvalue weighted by atomic mass is 79.9. The fourth-order valence-corrected chi connectivity index (χ4v) is 9.98. The van der Waals surface area contributed by atoms with E-state index in [1.807, 2.05) is 6.08 Å². The predicted octanol–water partition coefficient (Wildman–Crippen LogP) is 7.26. The molecule has 0 spiro atoms. The number of nitrogens with zero attached hydrogens (tertiary/aromatic N) is 2. The molecule has 3 aromatic carbocycles. The number of benzene rings is 3. The Labute approximate surface area is 296 Å². The van der Waals surface area contributed by atoms with E-state index in [2.05, 4.69) is 21.4 Å². The van der Waals surface area contributed by atoms with Crippen LogP contribution in [0.1, 0.15) is 62.0 Å². The van der Waals surface area contributed by atoms with Crippen LogP contribution in [0.25, 0.3) is 0 Å². The molecule has 0 unspecified atom stereocenters. The summed E-state index contributed by atoms with van der Waals surface area (Å²) in [4.78, 5) is 59.8. The molecule has 252 valence electrons. The Balaban J connectivity index is 1.32. The molecule has 49 heavy (non-hydrogen) atoms. The number of phenols is 1. The smallest absolute Gasteiger partial charge is 0.260 e. The van der Waals surface area contributed by atoms with E-state index in [0.29, 0.717) is 32.7 Å². The lowest BCUT2D eigenvalue weighted by molar-refractivity contribution is -0.144. The minimum atomic E-state index is -1.56. The second-order valence-corrected chi connectivity index (χ2v) is 15.3. The number of halogens is 3. The maximum absolute atomic E-state index is 15.2. The molecule has 4 fully saturated rings. The van der Waals surface area contributed by atoms with E-state index in [0.717, 1.165) is 42.7 Å². The van der Waals surface area contributed by atoms with Crippen molar-refractivity contribution < 1.29 is 28.7 Å². The monoisotopic (exact) mass is 745 g/mol. The third-order valence-corrected chi connectivity index (χ3v) is 12.3. The second kappa shape index (κ2) is 12.1. The molecular weight excluding hydrogens is 713 g/mol. The summed E-state index contributed by atoms with van der Waals surface area (Å²) in [6.07, 6.45) is 7.03. The molecule has 2 saturated heterocycles. The Morgan fingerprint density at radius 3 is 2.31 bits per heavy atom. The van der Waals surface area contributed by atoms with Gasteiger partial charge in [-0.1, -0.05) is 70.6 Å². The van der Waals surface area contributed by atoms with Gasteiger partial charge < -0.3 is 5.11 Å². The molecule has 3 aliphatic carbocycles. The fraction of sp³-hybridized carbons (Fsp3) is 0.368. The molecule has 2 heterocycles. The van der Waals surface area contributed by atoms with Crippen LogP contribution in [0.15, 0.2) is 82.9 Å². The number of fused-ring (bicyclic) bond motifs is 4. The summed E-state index contributed by atoms with van der Waals surface area (Å²) >= 11 is 9.90. The number of nitrogens with one attached hydrogen (secondary N) is 1. The molecule has 6 atom stereocenters. The lowest BCUT2D eigenvalue weighted by Crippen LogP contribution is -2.53. The van der Waals surface area contributed by atoms with Crippen molar-refractivity contribution in [3.8, 4) is 5.75 Å². The van der Waals surface area contributed by atoms with Crippen LogP contribution >= 0.6 is 27.5 Å². The van der Waals surface area contributed by atoms with Gasteiger partial charge >= 0.3 is 0 Å². The molecule has 4 amide bonds. The van der Waals surface area contributed by atoms with Crippen molar-refractivity contribution in [1.29, 1.82) is 0 Å². The number of imide groups is 2. The predicted molar refractivity (Wildman–Crippen MR) is 184 cm³/mol. The van der Waals surface area contributed by atoms with Gasteiger partial charge in [-0.2, -0.15) is 5.01 Å². The summed E-state index contributed by atoms with van der Waals surface area (Å²) in [5.74, 6) is -5.56. The first kappa shape index (κ1) is 32.2. The molecule has 0 aromatic heterocycles. The standard InChI is InChI=1S/C38H34BrClFN3O5/c39-21-8-17-31(45)29(18-21)33-26-15-16-27-32(36(48)43(34(27)46)25-4-2-1-3-5-25)28(26)19-30-35(47)44(42-24-13-11-23(41)12-14-24)37(49)38(30,33)20-6-9-22(40)10-7-20/h6-15,17-18,25,27-28,30,32-33,42,45H,1-5,16,19H2/t27-,28+,30-,32-,33+,38+/m0/s1. The van der Waals surface area contributed by atoms with Crippen molar-refractivity contribution >= 4 is 56.8 Å². The van der Waals surface area contributed by atoms with E-state index in [1.165, 1.54) is 29.2 Å². The van der Waals surface area contributed by atoms with E-state index in [1.54, 1.807) is 42.5 Å². The molecule has 5 aliphatic rings. The first-order valence-electron chi connectivity index (χ1n) is 16.8. The van der Waals surface area contributed by atoms with Crippen LogP contribution in [-0.2, 0) is 24.6 Å². The van der Waals surface area contributed by atoms with Crippen LogP contribution in [0, 0.1) is 29.5 Å². The van der Waals surface area contributed by atoms with Gasteiger partial charge in [0.15, 0.2) is 0 Å². The van der Waals surface area contributed by atoms with Gasteiger partial charge in [0.05, 0.1) is 28.9 Å². The molecular formula is C38H34BrClFN3O5. The van der Waals surface area contributed by atoms with Gasteiger partial charge in [0, 0.05) is 27.0 Å². The Morgan fingerprint density at radius 2 is 1.59 bits per heavy atom. The fourth-order valence-electron chi connectivity index (χ4n) is 9.48. The molecule has 11 heteroatoms. The number of hydrogen-bond donors (Lipinski definition) is 2. The summed E-state index contributed by atoms with van der Waals surface area (Å²) in [5.41, 5.74) is 3.44. The third kappa shape index (κ3) is 4.88. The quantitative estimate of drug-likeness (QED) is 0.210. The van der Waals surface area contributed by atoms with Gasteiger partial charge in [-0.3, -0.25) is 29.5 Å². The summed E-state index contributed by atoms with van der Waals surface area (Å²) in [6.45, 7) is 0. The number of carbonyl (C=O) groups excluding carboxylic acids is 4. The van der Waals surface area contributed by atoms with E-state index >= 15 is 4.79 Å². The highest BCUT2D eigenvalue weighted by Gasteiger charge is 2.70. The summed E-state index contributed by atoms with van der Waals surface area (Å²) in [6, 6.07) is 17.1. The molecule has 8 nitrogen and oxygen atoms in total. The van der Waals surface area contributed by atoms with Gasteiger partial charge in [0.2, 0.25) is 11.8 Å². The van der Waals surface area contributed by atoms with Gasteiger partial charge in [0.1, 0.15) is 11.6 Å². The van der Waals surface area contributed by atoms with Crippen LogP contribution in [0.5, 0.6) is 5.75 Å². The van der Waals surface area contributed by atoms with Crippen molar-refractivity contribution in [3.05, 3.63) is 105 Å². The Hall–Kier alpha value is -4.02. The number of anilines is 1. The molecule has 3 aromatic rings. The normalized spacial score (nSPS) is 29.9. The van der Waals surface area contributed by atoms with Crippen molar-refractivity contribution in [3.63, 3.8) is 0 Å². The van der Waals surface area contributed by atoms with E-state index in [4.69, 9.17) is 11.6 Å². The Kier molecular flexibility index (Phi) is 7.94. The number of amides is 4. The number of likely N-dealkylation sites (tertiary alicyclic amines) is 1. The summed E-state index contributed by atoms with van der Waals surface area (Å²) in [7, 11) is 0. The van der Waals surface area contributed by atoms with Crippen LogP contribution in [0.4, 0.5) is 10.1 Å². The molecule has 0 bridgehead atoms. The van der Waals surface area contributed by atoms with Gasteiger partial charge in [-0.15, -0.1) is 0 Å². The third-order valence-electron chi connectivity index (χ3n) is 11.5. The number of rotatable bonds is 5. The zero-order valence-corrected chi connectivity index (χ0v) is 28.8. The number of phenolic OH excluding ortho intramolecular Hbond substituents is 1. The molecule has 8 rings (SSSR count). The van der Waals surface area contributed by atoms with Crippen LogP contribution in [0.2, 0.25) is 5.02 Å². The summed E-state index contributed by atoms with van der Waals surface area (Å²) < 4.78 is 14.5. The largest absolute Gasteiger partial charge is 0.508 e. The number of aromatic hydroxyl groups is 1. The van der Waals surface area contributed by atoms with Crippen LogP contribution < -0.4 is 5.43 Å². The Bertz CT molecular complexity index is 1910. The zero-order valence-electron chi connectivity index (χ0n) is 26.5. The molecule has 0 radical (unpaired) electrons. The average Bonchev–Trinajstić information content (AvgIpc) is 3.48. The van der Waals surface area contributed by atoms with Crippen LogP contribution in [0.3, 0.4) is 0 Å². The van der Waals surface area contributed by atoms with E-state index in [9.17, 15) is 23.9 Å². The van der Waals surface area contributed by atoms with Crippen molar-refractivity contribution in [1.82, 2.24) is 9.91 Å². The van der Waals surface area contributed by atoms with Gasteiger partial charge in [-0.25, -0.2) is 4.39 Å². The minimum absolute atomic E-state index is 0.0631. The zero-order chi connectivity index (χ0) is 34.2.